The van der Waals surface area contributed by atoms with E-state index in [2.05, 4.69) is 20.4 Å². The molecule has 0 saturated heterocycles. The summed E-state index contributed by atoms with van der Waals surface area (Å²) in [4.78, 5) is 20.7. The maximum Gasteiger partial charge on any atom is 0.316 e. The third-order valence-electron chi connectivity index (χ3n) is 4.47. The van der Waals surface area contributed by atoms with Crippen LogP contribution in [0.2, 0.25) is 0 Å². The number of anilines is 1. The Morgan fingerprint density at radius 2 is 1.96 bits per heavy atom. The fourth-order valence-electron chi connectivity index (χ4n) is 2.90. The minimum Gasteiger partial charge on any atom is -0.467 e. The minimum absolute atomic E-state index is 0.251. The molecular weight excluding hydrogens is 337 g/mol. The molecule has 0 unspecified atom stereocenters. The van der Waals surface area contributed by atoms with Crippen molar-refractivity contribution in [2.45, 2.75) is 18.3 Å². The van der Waals surface area contributed by atoms with Crippen LogP contribution in [0.5, 0.6) is 6.01 Å². The van der Waals surface area contributed by atoms with E-state index in [1.54, 1.807) is 42.9 Å². The van der Waals surface area contributed by atoms with Crippen LogP contribution in [-0.4, -0.2) is 32.8 Å². The van der Waals surface area contributed by atoms with Gasteiger partial charge in [-0.2, -0.15) is 0 Å². The average Bonchev–Trinajstić information content (AvgIpc) is 3.35. The van der Waals surface area contributed by atoms with Gasteiger partial charge in [0.15, 0.2) is 5.82 Å². The van der Waals surface area contributed by atoms with Crippen molar-refractivity contribution in [2.24, 2.45) is 0 Å². The molecule has 8 heteroatoms. The summed E-state index contributed by atoms with van der Waals surface area (Å²) in [5.41, 5.74) is 0.250. The number of rotatable bonds is 5. The molecule has 0 bridgehead atoms. The molecule has 1 aromatic carbocycles. The Bertz CT molecular complexity index is 950. The van der Waals surface area contributed by atoms with Crippen LogP contribution in [0.3, 0.4) is 0 Å². The SMILES string of the molecule is COc1ncc(-n2ccc(NC(=O)C3(c4ccccc4F)CC3)n2)cn1. The Balaban J connectivity index is 1.52. The lowest BCUT2D eigenvalue weighted by atomic mass is 9.94. The van der Waals surface area contributed by atoms with Crippen molar-refractivity contribution in [3.8, 4) is 11.7 Å². The number of nitrogens with zero attached hydrogens (tertiary/aromatic N) is 4. The number of nitrogens with one attached hydrogen (secondary N) is 1. The summed E-state index contributed by atoms with van der Waals surface area (Å²) in [6.07, 6.45) is 6.04. The average molecular weight is 353 g/mol. The zero-order valence-corrected chi connectivity index (χ0v) is 14.0. The first kappa shape index (κ1) is 16.2. The molecule has 0 spiro atoms. The summed E-state index contributed by atoms with van der Waals surface area (Å²) in [5, 5.41) is 7.08. The van der Waals surface area contributed by atoms with Gasteiger partial charge in [-0.25, -0.2) is 19.0 Å². The first-order valence-corrected chi connectivity index (χ1v) is 8.11. The first-order valence-electron chi connectivity index (χ1n) is 8.11. The van der Waals surface area contributed by atoms with E-state index in [4.69, 9.17) is 4.74 Å². The van der Waals surface area contributed by atoms with Crippen LogP contribution in [-0.2, 0) is 10.2 Å². The van der Waals surface area contributed by atoms with Crippen molar-refractivity contribution in [3.05, 3.63) is 60.3 Å². The molecule has 1 saturated carbocycles. The maximum atomic E-state index is 14.1. The molecule has 0 aliphatic heterocycles. The number of halogens is 1. The normalized spacial score (nSPS) is 14.7. The summed E-state index contributed by atoms with van der Waals surface area (Å²) < 4.78 is 20.5. The number of carbonyl (C=O) groups is 1. The highest BCUT2D eigenvalue weighted by Gasteiger charge is 2.52. The zero-order valence-electron chi connectivity index (χ0n) is 14.0. The lowest BCUT2D eigenvalue weighted by Crippen LogP contribution is -2.29. The number of amides is 1. The van der Waals surface area contributed by atoms with E-state index >= 15 is 0 Å². The fraction of sp³-hybridized carbons (Fsp3) is 0.222. The van der Waals surface area contributed by atoms with E-state index in [-0.39, 0.29) is 17.7 Å². The van der Waals surface area contributed by atoms with Gasteiger partial charge in [0.05, 0.1) is 24.9 Å². The molecular formula is C18H16FN5O2. The maximum absolute atomic E-state index is 14.1. The smallest absolute Gasteiger partial charge is 0.316 e. The van der Waals surface area contributed by atoms with E-state index in [0.29, 0.717) is 29.9 Å². The Morgan fingerprint density at radius 1 is 1.23 bits per heavy atom. The number of ether oxygens (including phenoxy) is 1. The van der Waals surface area contributed by atoms with Gasteiger partial charge in [-0.05, 0) is 18.9 Å². The lowest BCUT2D eigenvalue weighted by Gasteiger charge is -2.15. The molecule has 1 amide bonds. The zero-order chi connectivity index (χ0) is 18.1. The Kier molecular flexibility index (Phi) is 3.87. The van der Waals surface area contributed by atoms with Crippen molar-refractivity contribution in [3.63, 3.8) is 0 Å². The van der Waals surface area contributed by atoms with Gasteiger partial charge < -0.3 is 10.1 Å². The van der Waals surface area contributed by atoms with Crippen LogP contribution in [0.1, 0.15) is 18.4 Å². The second kappa shape index (κ2) is 6.21. The van der Waals surface area contributed by atoms with Gasteiger partial charge in [-0.15, -0.1) is 5.10 Å². The summed E-state index contributed by atoms with van der Waals surface area (Å²) in [6.45, 7) is 0. The number of methoxy groups -OCH3 is 1. The predicted octanol–water partition coefficient (Wildman–Crippen LogP) is 2.48. The Labute approximate surface area is 148 Å². The van der Waals surface area contributed by atoms with E-state index in [1.807, 2.05) is 0 Å². The molecule has 2 aromatic heterocycles. The molecule has 4 rings (SSSR count). The Hall–Kier alpha value is -3.29. The van der Waals surface area contributed by atoms with E-state index in [0.717, 1.165) is 0 Å². The van der Waals surface area contributed by atoms with E-state index < -0.39 is 5.41 Å². The van der Waals surface area contributed by atoms with Gasteiger partial charge in [0.2, 0.25) is 5.91 Å². The standard InChI is InChI=1S/C18H16FN5O2/c1-26-17-20-10-12(11-21-17)24-9-6-15(23-24)22-16(25)18(7-8-18)13-4-2-3-5-14(13)19/h2-6,9-11H,7-8H2,1H3,(H,22,23,25). The van der Waals surface area contributed by atoms with Crippen molar-refractivity contribution < 1.29 is 13.9 Å². The molecule has 1 aliphatic rings. The minimum atomic E-state index is -0.807. The van der Waals surface area contributed by atoms with Crippen LogP contribution in [0.4, 0.5) is 10.2 Å². The highest BCUT2D eigenvalue weighted by atomic mass is 19.1. The number of hydrogen-bond acceptors (Lipinski definition) is 5. The molecule has 1 N–H and O–H groups in total. The number of aromatic nitrogens is 4. The van der Waals surface area contributed by atoms with E-state index in [1.165, 1.54) is 17.9 Å². The van der Waals surface area contributed by atoms with Crippen LogP contribution in [0, 0.1) is 5.82 Å². The monoisotopic (exact) mass is 353 g/mol. The highest BCUT2D eigenvalue weighted by Crippen LogP contribution is 2.49. The van der Waals surface area contributed by atoms with Crippen molar-refractivity contribution in [1.82, 2.24) is 19.7 Å². The second-order valence-electron chi connectivity index (χ2n) is 6.09. The van der Waals surface area contributed by atoms with Crippen LogP contribution < -0.4 is 10.1 Å². The molecule has 0 radical (unpaired) electrons. The van der Waals surface area contributed by atoms with Crippen LogP contribution in [0.25, 0.3) is 5.69 Å². The van der Waals surface area contributed by atoms with Crippen molar-refractivity contribution >= 4 is 11.7 Å². The van der Waals surface area contributed by atoms with Gasteiger partial charge in [-0.1, -0.05) is 18.2 Å². The molecule has 1 fully saturated rings. The summed E-state index contributed by atoms with van der Waals surface area (Å²) >= 11 is 0. The van der Waals surface area contributed by atoms with E-state index in [9.17, 15) is 9.18 Å². The molecule has 2 heterocycles. The third-order valence-corrected chi connectivity index (χ3v) is 4.47. The Morgan fingerprint density at radius 3 is 2.62 bits per heavy atom. The molecule has 7 nitrogen and oxygen atoms in total. The largest absolute Gasteiger partial charge is 0.467 e. The second-order valence-corrected chi connectivity index (χ2v) is 6.09. The highest BCUT2D eigenvalue weighted by molar-refractivity contribution is 6.00. The fourth-order valence-corrected chi connectivity index (χ4v) is 2.90. The van der Waals surface area contributed by atoms with Crippen LogP contribution >= 0.6 is 0 Å². The molecule has 3 aromatic rings. The lowest BCUT2D eigenvalue weighted by molar-refractivity contribution is -0.118. The molecule has 0 atom stereocenters. The van der Waals surface area contributed by atoms with Crippen molar-refractivity contribution in [2.75, 3.05) is 12.4 Å². The third kappa shape index (κ3) is 2.79. The number of hydrogen-bond donors (Lipinski definition) is 1. The van der Waals surface area contributed by atoms with Crippen molar-refractivity contribution in [1.29, 1.82) is 0 Å². The summed E-state index contributed by atoms with van der Waals surface area (Å²) in [6, 6.07) is 8.32. The molecule has 1 aliphatic carbocycles. The summed E-state index contributed by atoms with van der Waals surface area (Å²) in [7, 11) is 1.49. The quantitative estimate of drug-likeness (QED) is 0.762. The van der Waals surface area contributed by atoms with Gasteiger partial charge in [0.1, 0.15) is 11.5 Å². The number of carbonyl (C=O) groups excluding carboxylic acids is 1. The predicted molar refractivity (Wildman–Crippen MR) is 91.6 cm³/mol. The van der Waals surface area contributed by atoms with Gasteiger partial charge in [0.25, 0.3) is 0 Å². The molecule has 26 heavy (non-hydrogen) atoms. The topological polar surface area (TPSA) is 81.9 Å². The summed E-state index contributed by atoms with van der Waals surface area (Å²) in [5.74, 6) is -0.228. The van der Waals surface area contributed by atoms with Gasteiger partial charge in [-0.3, -0.25) is 4.79 Å². The van der Waals surface area contributed by atoms with Gasteiger partial charge in [0, 0.05) is 17.8 Å². The van der Waals surface area contributed by atoms with Crippen LogP contribution in [0.15, 0.2) is 48.9 Å². The van der Waals surface area contributed by atoms with Gasteiger partial charge >= 0.3 is 6.01 Å². The number of benzene rings is 1. The first-order chi connectivity index (χ1) is 12.6. The molecule has 132 valence electrons.